The highest BCUT2D eigenvalue weighted by Crippen LogP contribution is 2.46. The zero-order valence-corrected chi connectivity index (χ0v) is 14.8. The molecule has 1 aromatic heterocycles. The Bertz CT molecular complexity index is 481. The van der Waals surface area contributed by atoms with Crippen LogP contribution in [-0.4, -0.2) is 20.5 Å². The molecule has 0 aliphatic heterocycles. The Morgan fingerprint density at radius 3 is 2.45 bits per heavy atom. The summed E-state index contributed by atoms with van der Waals surface area (Å²) < 4.78 is 3.14. The van der Waals surface area contributed by atoms with E-state index in [4.69, 9.17) is 0 Å². The Labute approximate surface area is 130 Å². The first-order chi connectivity index (χ1) is 9.34. The normalized spacial score (nSPS) is 25.9. The Kier molecular flexibility index (Phi) is 4.65. The lowest BCUT2D eigenvalue weighted by molar-refractivity contribution is -0.0970. The van der Waals surface area contributed by atoms with Crippen molar-refractivity contribution >= 4 is 15.9 Å². The number of rotatable bonds is 4. The van der Waals surface area contributed by atoms with Crippen LogP contribution in [0.1, 0.15) is 64.8 Å². The molecule has 2 rings (SSSR count). The fourth-order valence-corrected chi connectivity index (χ4v) is 4.05. The van der Waals surface area contributed by atoms with Gasteiger partial charge in [-0.15, -0.1) is 0 Å². The molecule has 1 unspecified atom stereocenters. The summed E-state index contributed by atoms with van der Waals surface area (Å²) in [4.78, 5) is 0. The number of aliphatic hydroxyl groups is 1. The zero-order chi connectivity index (χ0) is 15.0. The van der Waals surface area contributed by atoms with E-state index in [1.165, 1.54) is 6.42 Å². The van der Waals surface area contributed by atoms with E-state index in [0.29, 0.717) is 6.42 Å². The molecule has 4 heteroatoms. The predicted octanol–water partition coefficient (Wildman–Crippen LogP) is 4.10. The third kappa shape index (κ3) is 2.69. The van der Waals surface area contributed by atoms with Crippen molar-refractivity contribution in [2.24, 2.45) is 5.41 Å². The largest absolute Gasteiger partial charge is 0.389 e. The molecule has 3 nitrogen and oxygen atoms in total. The van der Waals surface area contributed by atoms with E-state index in [9.17, 15) is 5.11 Å². The fourth-order valence-electron chi connectivity index (χ4n) is 3.35. The third-order valence-electron chi connectivity index (χ3n) is 5.06. The van der Waals surface area contributed by atoms with E-state index >= 15 is 0 Å². The minimum absolute atomic E-state index is 0.0279. The molecule has 0 aromatic carbocycles. The topological polar surface area (TPSA) is 38.0 Å². The fraction of sp³-hybridized carbons (Fsp3) is 0.812. The van der Waals surface area contributed by atoms with Gasteiger partial charge in [0.2, 0.25) is 0 Å². The average molecular weight is 343 g/mol. The van der Waals surface area contributed by atoms with E-state index in [0.717, 1.165) is 48.1 Å². The Morgan fingerprint density at radius 2 is 1.90 bits per heavy atom. The number of aryl methyl sites for hydroxylation is 2. The van der Waals surface area contributed by atoms with E-state index in [1.54, 1.807) is 0 Å². The molecule has 20 heavy (non-hydrogen) atoms. The highest BCUT2D eigenvalue weighted by atomic mass is 79.9. The summed E-state index contributed by atoms with van der Waals surface area (Å²) in [6.45, 7) is 9.49. The number of nitrogens with zero attached hydrogens (tertiary/aromatic N) is 2. The molecule has 1 heterocycles. The monoisotopic (exact) mass is 342 g/mol. The molecular formula is C16H27BrN2O. The van der Waals surface area contributed by atoms with Crippen molar-refractivity contribution in [1.29, 1.82) is 0 Å². The van der Waals surface area contributed by atoms with Gasteiger partial charge in [0.25, 0.3) is 0 Å². The minimum Gasteiger partial charge on any atom is -0.389 e. The van der Waals surface area contributed by atoms with E-state index < -0.39 is 5.60 Å². The molecule has 0 amide bonds. The van der Waals surface area contributed by atoms with Gasteiger partial charge in [0.15, 0.2) is 0 Å². The number of hydrogen-bond donors (Lipinski definition) is 1. The molecule has 0 radical (unpaired) electrons. The van der Waals surface area contributed by atoms with Crippen LogP contribution in [0.5, 0.6) is 0 Å². The van der Waals surface area contributed by atoms with Gasteiger partial charge in [0, 0.05) is 13.0 Å². The van der Waals surface area contributed by atoms with Crippen molar-refractivity contribution in [3.05, 3.63) is 15.9 Å². The molecule has 1 aliphatic rings. The maximum absolute atomic E-state index is 11.2. The first-order valence-electron chi connectivity index (χ1n) is 7.81. The van der Waals surface area contributed by atoms with Gasteiger partial charge in [0.1, 0.15) is 0 Å². The minimum atomic E-state index is -0.619. The van der Waals surface area contributed by atoms with Gasteiger partial charge >= 0.3 is 0 Å². The standard InChI is InChI=1S/C16H27BrN2O/c1-5-12-14(17)13(19(6-2)18-12)11-16(20)10-8-7-9-15(16,3)4/h20H,5-11H2,1-4H3. The molecule has 1 saturated carbocycles. The summed E-state index contributed by atoms with van der Waals surface area (Å²) in [5.74, 6) is 0. The number of aromatic nitrogens is 2. The summed E-state index contributed by atoms with van der Waals surface area (Å²) in [5, 5.41) is 15.9. The molecule has 114 valence electrons. The molecule has 1 aliphatic carbocycles. The summed E-state index contributed by atoms with van der Waals surface area (Å²) in [6.07, 6.45) is 5.96. The highest BCUT2D eigenvalue weighted by molar-refractivity contribution is 9.10. The molecule has 1 fully saturated rings. The van der Waals surface area contributed by atoms with Gasteiger partial charge in [-0.05, 0) is 47.5 Å². The molecule has 0 bridgehead atoms. The summed E-state index contributed by atoms with van der Waals surface area (Å²) in [7, 11) is 0. The van der Waals surface area contributed by atoms with Gasteiger partial charge in [-0.1, -0.05) is 33.6 Å². The summed E-state index contributed by atoms with van der Waals surface area (Å²) in [6, 6.07) is 0. The van der Waals surface area contributed by atoms with Crippen molar-refractivity contribution in [3.8, 4) is 0 Å². The lowest BCUT2D eigenvalue weighted by atomic mass is 9.63. The van der Waals surface area contributed by atoms with Crippen LogP contribution in [0.25, 0.3) is 0 Å². The van der Waals surface area contributed by atoms with Crippen LogP contribution in [0.3, 0.4) is 0 Å². The van der Waals surface area contributed by atoms with E-state index in [1.807, 2.05) is 4.68 Å². The SMILES string of the molecule is CCc1nn(CC)c(CC2(O)CCCCC2(C)C)c1Br. The van der Waals surface area contributed by atoms with Crippen LogP contribution >= 0.6 is 15.9 Å². The van der Waals surface area contributed by atoms with Crippen LogP contribution in [0.15, 0.2) is 4.47 Å². The van der Waals surface area contributed by atoms with Crippen molar-refractivity contribution < 1.29 is 5.11 Å². The molecule has 0 saturated heterocycles. The maximum Gasteiger partial charge on any atom is 0.0766 e. The molecule has 0 spiro atoms. The van der Waals surface area contributed by atoms with E-state index in [-0.39, 0.29) is 5.41 Å². The van der Waals surface area contributed by atoms with Gasteiger partial charge in [0.05, 0.1) is 21.5 Å². The smallest absolute Gasteiger partial charge is 0.0766 e. The van der Waals surface area contributed by atoms with Crippen molar-refractivity contribution in [2.45, 2.75) is 78.4 Å². The maximum atomic E-state index is 11.2. The summed E-state index contributed by atoms with van der Waals surface area (Å²) >= 11 is 3.70. The Morgan fingerprint density at radius 1 is 1.25 bits per heavy atom. The van der Waals surface area contributed by atoms with Gasteiger partial charge in [-0.2, -0.15) is 5.10 Å². The molecule has 1 N–H and O–H groups in total. The quantitative estimate of drug-likeness (QED) is 0.894. The van der Waals surface area contributed by atoms with E-state index in [2.05, 4.69) is 48.7 Å². The molecular weight excluding hydrogens is 316 g/mol. The Hall–Kier alpha value is -0.350. The molecule has 1 aromatic rings. The lowest BCUT2D eigenvalue weighted by Crippen LogP contribution is -2.49. The number of halogens is 1. The van der Waals surface area contributed by atoms with Crippen molar-refractivity contribution in [1.82, 2.24) is 9.78 Å². The summed E-state index contributed by atoms with van der Waals surface area (Å²) in [5.41, 5.74) is 1.60. The van der Waals surface area contributed by atoms with Crippen molar-refractivity contribution in [3.63, 3.8) is 0 Å². The highest BCUT2D eigenvalue weighted by Gasteiger charge is 2.46. The number of hydrogen-bond acceptors (Lipinski definition) is 2. The van der Waals surface area contributed by atoms with Crippen LogP contribution in [0, 0.1) is 5.41 Å². The third-order valence-corrected chi connectivity index (χ3v) is 5.97. The second-order valence-corrected chi connectivity index (χ2v) is 7.47. The van der Waals surface area contributed by atoms with Crippen LogP contribution in [-0.2, 0) is 19.4 Å². The average Bonchev–Trinajstić information content (AvgIpc) is 2.70. The van der Waals surface area contributed by atoms with Crippen LogP contribution in [0.4, 0.5) is 0 Å². The van der Waals surface area contributed by atoms with Gasteiger partial charge in [-0.25, -0.2) is 0 Å². The first-order valence-corrected chi connectivity index (χ1v) is 8.60. The second kappa shape index (κ2) is 5.80. The van der Waals surface area contributed by atoms with Crippen molar-refractivity contribution in [2.75, 3.05) is 0 Å². The first kappa shape index (κ1) is 16.0. The van der Waals surface area contributed by atoms with Gasteiger partial charge < -0.3 is 5.11 Å². The second-order valence-electron chi connectivity index (χ2n) is 6.68. The van der Waals surface area contributed by atoms with Crippen LogP contribution < -0.4 is 0 Å². The lowest BCUT2D eigenvalue weighted by Gasteiger charge is -2.46. The zero-order valence-electron chi connectivity index (χ0n) is 13.2. The molecule has 1 atom stereocenters. The van der Waals surface area contributed by atoms with Crippen LogP contribution in [0.2, 0.25) is 0 Å². The predicted molar refractivity (Wildman–Crippen MR) is 85.9 cm³/mol. The Balaban J connectivity index is 2.35. The van der Waals surface area contributed by atoms with Gasteiger partial charge in [-0.3, -0.25) is 4.68 Å².